The summed E-state index contributed by atoms with van der Waals surface area (Å²) in [5.41, 5.74) is 0.233. The van der Waals surface area contributed by atoms with Crippen LogP contribution in [0.1, 0.15) is 32.1 Å². The molecule has 0 aromatic carbocycles. The number of aromatic nitrogens is 2. The summed E-state index contributed by atoms with van der Waals surface area (Å²) in [5.74, 6) is 0.820. The SMILES string of the molecule is O=[N+]([O-])c1cnn(CC2(CS)CCCCC2)c1. The molecule has 0 amide bonds. The Balaban J connectivity index is 2.09. The zero-order chi connectivity index (χ0) is 12.3. The fourth-order valence-corrected chi connectivity index (χ4v) is 2.96. The van der Waals surface area contributed by atoms with Gasteiger partial charge < -0.3 is 0 Å². The Morgan fingerprint density at radius 3 is 2.71 bits per heavy atom. The van der Waals surface area contributed by atoms with Crippen LogP contribution in [0.3, 0.4) is 0 Å². The second-order valence-corrected chi connectivity index (χ2v) is 5.19. The summed E-state index contributed by atoms with van der Waals surface area (Å²) < 4.78 is 1.69. The third kappa shape index (κ3) is 2.80. The monoisotopic (exact) mass is 255 g/mol. The van der Waals surface area contributed by atoms with Crippen molar-refractivity contribution in [1.82, 2.24) is 9.78 Å². The summed E-state index contributed by atoms with van der Waals surface area (Å²) in [6.07, 6.45) is 8.85. The van der Waals surface area contributed by atoms with Crippen molar-refractivity contribution in [3.05, 3.63) is 22.5 Å². The van der Waals surface area contributed by atoms with E-state index in [-0.39, 0.29) is 11.1 Å². The van der Waals surface area contributed by atoms with E-state index in [0.717, 1.165) is 25.1 Å². The summed E-state index contributed by atoms with van der Waals surface area (Å²) >= 11 is 4.45. The highest BCUT2D eigenvalue weighted by Gasteiger charge is 2.31. The van der Waals surface area contributed by atoms with Crippen molar-refractivity contribution in [2.24, 2.45) is 5.41 Å². The molecular weight excluding hydrogens is 238 g/mol. The molecule has 0 radical (unpaired) electrons. The van der Waals surface area contributed by atoms with Crippen LogP contribution in [0.4, 0.5) is 5.69 Å². The minimum atomic E-state index is -0.405. The van der Waals surface area contributed by atoms with Gasteiger partial charge in [0.25, 0.3) is 0 Å². The zero-order valence-electron chi connectivity index (χ0n) is 9.71. The Morgan fingerprint density at radius 2 is 2.18 bits per heavy atom. The number of thiol groups is 1. The number of hydrogen-bond donors (Lipinski definition) is 1. The minimum Gasteiger partial charge on any atom is -0.265 e. The van der Waals surface area contributed by atoms with Crippen molar-refractivity contribution in [1.29, 1.82) is 0 Å². The van der Waals surface area contributed by atoms with Crippen LogP contribution in [0.15, 0.2) is 12.4 Å². The van der Waals surface area contributed by atoms with Gasteiger partial charge in [0, 0.05) is 6.54 Å². The lowest BCUT2D eigenvalue weighted by molar-refractivity contribution is -0.385. The van der Waals surface area contributed by atoms with Gasteiger partial charge in [-0.2, -0.15) is 17.7 Å². The van der Waals surface area contributed by atoms with Crippen LogP contribution in [0, 0.1) is 15.5 Å². The molecule has 0 N–H and O–H groups in total. The molecule has 5 nitrogen and oxygen atoms in total. The summed E-state index contributed by atoms with van der Waals surface area (Å²) in [4.78, 5) is 10.2. The number of nitro groups is 1. The maximum Gasteiger partial charge on any atom is 0.306 e. The molecule has 94 valence electrons. The van der Waals surface area contributed by atoms with E-state index in [2.05, 4.69) is 17.7 Å². The molecule has 1 aromatic rings. The summed E-state index contributed by atoms with van der Waals surface area (Å²) in [7, 11) is 0. The van der Waals surface area contributed by atoms with Gasteiger partial charge in [0.2, 0.25) is 0 Å². The Labute approximate surface area is 106 Å². The number of hydrogen-bond acceptors (Lipinski definition) is 4. The van der Waals surface area contributed by atoms with Crippen LogP contribution in [-0.2, 0) is 6.54 Å². The second kappa shape index (κ2) is 5.08. The third-order valence-electron chi connectivity index (χ3n) is 3.58. The standard InChI is InChI=1S/C11H17N3O2S/c15-14(16)10-6-12-13(7-10)8-11(9-17)4-2-1-3-5-11/h6-7,17H,1-5,8-9H2. The first-order valence-electron chi connectivity index (χ1n) is 5.93. The lowest BCUT2D eigenvalue weighted by atomic mass is 9.75. The second-order valence-electron chi connectivity index (χ2n) is 4.87. The highest BCUT2D eigenvalue weighted by atomic mass is 32.1. The van der Waals surface area contributed by atoms with Gasteiger partial charge in [-0.1, -0.05) is 19.3 Å². The molecule has 1 aliphatic carbocycles. The first-order valence-corrected chi connectivity index (χ1v) is 6.56. The third-order valence-corrected chi connectivity index (χ3v) is 4.25. The van der Waals surface area contributed by atoms with Gasteiger partial charge >= 0.3 is 5.69 Å². The molecule has 2 rings (SSSR count). The molecule has 0 spiro atoms. The van der Waals surface area contributed by atoms with E-state index in [1.54, 1.807) is 4.68 Å². The molecule has 1 aromatic heterocycles. The molecule has 0 bridgehead atoms. The lowest BCUT2D eigenvalue weighted by Crippen LogP contribution is -2.31. The van der Waals surface area contributed by atoms with Crippen molar-refractivity contribution in [2.45, 2.75) is 38.6 Å². The van der Waals surface area contributed by atoms with Crippen molar-refractivity contribution >= 4 is 18.3 Å². The molecule has 0 atom stereocenters. The molecular formula is C11H17N3O2S. The summed E-state index contributed by atoms with van der Waals surface area (Å²) in [6.45, 7) is 0.740. The van der Waals surface area contributed by atoms with Crippen LogP contribution in [0.5, 0.6) is 0 Å². The van der Waals surface area contributed by atoms with Crippen LogP contribution >= 0.6 is 12.6 Å². The fraction of sp³-hybridized carbons (Fsp3) is 0.727. The van der Waals surface area contributed by atoms with E-state index in [1.165, 1.54) is 31.7 Å². The van der Waals surface area contributed by atoms with Gasteiger partial charge in [0.15, 0.2) is 0 Å². The van der Waals surface area contributed by atoms with Crippen LogP contribution in [0.25, 0.3) is 0 Å². The smallest absolute Gasteiger partial charge is 0.265 e. The molecule has 0 saturated heterocycles. The number of rotatable bonds is 4. The van der Waals surface area contributed by atoms with E-state index in [0.29, 0.717) is 0 Å². The highest BCUT2D eigenvalue weighted by molar-refractivity contribution is 7.80. The Hall–Kier alpha value is -1.04. The van der Waals surface area contributed by atoms with Crippen molar-refractivity contribution in [3.63, 3.8) is 0 Å². The first kappa shape index (κ1) is 12.4. The van der Waals surface area contributed by atoms with Gasteiger partial charge in [0.1, 0.15) is 12.4 Å². The molecule has 1 heterocycles. The zero-order valence-corrected chi connectivity index (χ0v) is 10.6. The molecule has 6 heteroatoms. The van der Waals surface area contributed by atoms with E-state index in [4.69, 9.17) is 0 Å². The minimum absolute atomic E-state index is 0.0649. The predicted molar refractivity (Wildman–Crippen MR) is 68.3 cm³/mol. The van der Waals surface area contributed by atoms with Crippen LogP contribution in [0.2, 0.25) is 0 Å². The molecule has 0 aliphatic heterocycles. The van der Waals surface area contributed by atoms with Gasteiger partial charge in [0.05, 0.1) is 4.92 Å². The maximum absolute atomic E-state index is 10.6. The molecule has 1 fully saturated rings. The van der Waals surface area contributed by atoms with Gasteiger partial charge in [-0.15, -0.1) is 0 Å². The predicted octanol–water partition coefficient (Wildman–Crippen LogP) is 2.67. The molecule has 1 saturated carbocycles. The fourth-order valence-electron chi connectivity index (χ4n) is 2.55. The number of nitrogens with zero attached hydrogens (tertiary/aromatic N) is 3. The topological polar surface area (TPSA) is 61.0 Å². The molecule has 1 aliphatic rings. The van der Waals surface area contributed by atoms with Gasteiger partial charge in [-0.05, 0) is 24.0 Å². The Bertz CT molecular complexity index is 399. The lowest BCUT2D eigenvalue weighted by Gasteiger charge is -2.35. The Kier molecular flexibility index (Phi) is 3.71. The Morgan fingerprint density at radius 1 is 1.47 bits per heavy atom. The van der Waals surface area contributed by atoms with Crippen molar-refractivity contribution in [2.75, 3.05) is 5.75 Å². The average molecular weight is 255 g/mol. The largest absolute Gasteiger partial charge is 0.306 e. The molecule has 17 heavy (non-hydrogen) atoms. The van der Waals surface area contributed by atoms with Crippen LogP contribution < -0.4 is 0 Å². The van der Waals surface area contributed by atoms with E-state index < -0.39 is 4.92 Å². The van der Waals surface area contributed by atoms with Gasteiger partial charge in [-0.25, -0.2) is 0 Å². The van der Waals surface area contributed by atoms with Crippen LogP contribution in [-0.4, -0.2) is 20.5 Å². The first-order chi connectivity index (χ1) is 8.15. The summed E-state index contributed by atoms with van der Waals surface area (Å²) in [5, 5.41) is 14.7. The van der Waals surface area contributed by atoms with E-state index >= 15 is 0 Å². The summed E-state index contributed by atoms with van der Waals surface area (Å²) in [6, 6.07) is 0. The quantitative estimate of drug-likeness (QED) is 0.511. The van der Waals surface area contributed by atoms with Gasteiger partial charge in [-0.3, -0.25) is 14.8 Å². The average Bonchev–Trinajstić information content (AvgIpc) is 2.79. The normalized spacial score (nSPS) is 19.1. The van der Waals surface area contributed by atoms with Crippen molar-refractivity contribution < 1.29 is 4.92 Å². The highest BCUT2D eigenvalue weighted by Crippen LogP contribution is 2.38. The maximum atomic E-state index is 10.6. The van der Waals surface area contributed by atoms with E-state index in [1.807, 2.05) is 0 Å². The van der Waals surface area contributed by atoms with E-state index in [9.17, 15) is 10.1 Å². The molecule has 0 unspecified atom stereocenters. The van der Waals surface area contributed by atoms with Crippen molar-refractivity contribution in [3.8, 4) is 0 Å².